The molecule has 2 N–H and O–H groups in total. The van der Waals surface area contributed by atoms with E-state index in [4.69, 9.17) is 5.73 Å². The van der Waals surface area contributed by atoms with Gasteiger partial charge in [0.25, 0.3) is 0 Å². The van der Waals surface area contributed by atoms with Crippen LogP contribution in [0.5, 0.6) is 0 Å². The van der Waals surface area contributed by atoms with E-state index in [0.29, 0.717) is 19.6 Å². The molecule has 21 heavy (non-hydrogen) atoms. The number of nitrogens with two attached hydrogens (primary N) is 1. The van der Waals surface area contributed by atoms with Crippen molar-refractivity contribution in [1.82, 2.24) is 9.80 Å². The Hall–Kier alpha value is -1.88. The summed E-state index contributed by atoms with van der Waals surface area (Å²) in [4.78, 5) is 27.6. The van der Waals surface area contributed by atoms with E-state index < -0.39 is 11.8 Å². The van der Waals surface area contributed by atoms with Gasteiger partial charge in [0.05, 0.1) is 6.04 Å². The predicted molar refractivity (Wildman–Crippen MR) is 81.5 cm³/mol. The molecule has 1 saturated heterocycles. The van der Waals surface area contributed by atoms with Crippen molar-refractivity contribution < 1.29 is 9.59 Å². The zero-order valence-electron chi connectivity index (χ0n) is 12.9. The maximum atomic E-state index is 12.4. The van der Waals surface area contributed by atoms with Gasteiger partial charge in [-0.15, -0.1) is 0 Å². The van der Waals surface area contributed by atoms with Gasteiger partial charge >= 0.3 is 11.8 Å². The van der Waals surface area contributed by atoms with Crippen molar-refractivity contribution in [2.75, 3.05) is 19.6 Å². The monoisotopic (exact) mass is 289 g/mol. The third kappa shape index (κ3) is 3.08. The predicted octanol–water partition coefficient (Wildman–Crippen LogP) is 1.07. The Morgan fingerprint density at radius 2 is 1.76 bits per heavy atom. The summed E-state index contributed by atoms with van der Waals surface area (Å²) in [6.45, 7) is 7.41. The quantitative estimate of drug-likeness (QED) is 0.843. The van der Waals surface area contributed by atoms with Crippen LogP contribution in [0.4, 0.5) is 0 Å². The largest absolute Gasteiger partial charge is 0.333 e. The molecule has 0 spiro atoms. The van der Waals surface area contributed by atoms with Crippen LogP contribution in [0.1, 0.15) is 31.0 Å². The first-order valence-electron chi connectivity index (χ1n) is 7.37. The van der Waals surface area contributed by atoms with Crippen LogP contribution in [0, 0.1) is 6.92 Å². The lowest BCUT2D eigenvalue weighted by atomic mass is 9.97. The summed E-state index contributed by atoms with van der Waals surface area (Å²) in [6.07, 6.45) is 0. The third-order valence-electron chi connectivity index (χ3n) is 3.98. The number of aryl methyl sites for hydroxylation is 1. The number of hydrogen-bond donors (Lipinski definition) is 1. The van der Waals surface area contributed by atoms with E-state index in [1.54, 1.807) is 9.80 Å². The summed E-state index contributed by atoms with van der Waals surface area (Å²) in [5, 5.41) is 0. The molecule has 1 fully saturated rings. The summed E-state index contributed by atoms with van der Waals surface area (Å²) >= 11 is 0. The van der Waals surface area contributed by atoms with Crippen LogP contribution < -0.4 is 5.73 Å². The molecule has 2 rings (SSSR count). The van der Waals surface area contributed by atoms with Crippen molar-refractivity contribution >= 4 is 11.8 Å². The van der Waals surface area contributed by atoms with Crippen LogP contribution in [0.25, 0.3) is 0 Å². The molecule has 1 aliphatic heterocycles. The number of nitrogens with zero attached hydrogens (tertiary/aromatic N) is 2. The van der Waals surface area contributed by atoms with Crippen molar-refractivity contribution in [2.45, 2.75) is 32.9 Å². The topological polar surface area (TPSA) is 66.6 Å². The Bertz CT molecular complexity index is 525. The fourth-order valence-corrected chi connectivity index (χ4v) is 2.79. The molecule has 2 unspecified atom stereocenters. The Morgan fingerprint density at radius 3 is 2.29 bits per heavy atom. The highest BCUT2D eigenvalue weighted by molar-refractivity contribution is 6.35. The van der Waals surface area contributed by atoms with Crippen LogP contribution in [0.15, 0.2) is 24.3 Å². The van der Waals surface area contributed by atoms with Crippen LogP contribution in [0.3, 0.4) is 0 Å². The summed E-state index contributed by atoms with van der Waals surface area (Å²) in [5.41, 5.74) is 8.22. The number of carbonyl (C=O) groups excluding carboxylic acids is 2. The molecule has 114 valence electrons. The SMILES string of the molecule is CCN1CCN(C(c2ccc(C)cc2)C(C)N)C(=O)C1=O. The van der Waals surface area contributed by atoms with Gasteiger partial charge in [-0.2, -0.15) is 0 Å². The zero-order valence-corrected chi connectivity index (χ0v) is 12.9. The van der Waals surface area contributed by atoms with Gasteiger partial charge in [0.1, 0.15) is 0 Å². The number of amides is 2. The van der Waals surface area contributed by atoms with Gasteiger partial charge < -0.3 is 15.5 Å². The molecular weight excluding hydrogens is 266 g/mol. The van der Waals surface area contributed by atoms with Crippen LogP contribution in [0.2, 0.25) is 0 Å². The molecule has 2 atom stereocenters. The smallest absolute Gasteiger partial charge is 0.312 e. The Labute approximate surface area is 125 Å². The first-order chi connectivity index (χ1) is 9.95. The number of rotatable bonds is 4. The molecule has 5 nitrogen and oxygen atoms in total. The maximum absolute atomic E-state index is 12.4. The average molecular weight is 289 g/mol. The van der Waals surface area contributed by atoms with Gasteiger partial charge in [-0.1, -0.05) is 29.8 Å². The molecule has 0 bridgehead atoms. The molecule has 0 aliphatic carbocycles. The van der Waals surface area contributed by atoms with E-state index in [0.717, 1.165) is 11.1 Å². The molecular formula is C16H23N3O2. The van der Waals surface area contributed by atoms with Crippen molar-refractivity contribution in [3.63, 3.8) is 0 Å². The van der Waals surface area contributed by atoms with Gasteiger partial charge in [0, 0.05) is 25.7 Å². The van der Waals surface area contributed by atoms with Crippen LogP contribution >= 0.6 is 0 Å². The van der Waals surface area contributed by atoms with E-state index in [-0.39, 0.29) is 12.1 Å². The van der Waals surface area contributed by atoms with Crippen molar-refractivity contribution in [2.24, 2.45) is 5.73 Å². The fraction of sp³-hybridized carbons (Fsp3) is 0.500. The molecule has 1 aliphatic rings. The zero-order chi connectivity index (χ0) is 15.6. The molecule has 1 aromatic rings. The maximum Gasteiger partial charge on any atom is 0.312 e. The van der Waals surface area contributed by atoms with Crippen LogP contribution in [-0.2, 0) is 9.59 Å². The number of carbonyl (C=O) groups is 2. The Kier molecular flexibility index (Phi) is 4.63. The summed E-state index contributed by atoms with van der Waals surface area (Å²) in [5.74, 6) is -0.882. The highest BCUT2D eigenvalue weighted by Gasteiger charge is 2.37. The van der Waals surface area contributed by atoms with Gasteiger partial charge in [0.2, 0.25) is 0 Å². The molecule has 0 radical (unpaired) electrons. The second kappa shape index (κ2) is 6.26. The normalized spacial score (nSPS) is 18.9. The van der Waals surface area contributed by atoms with Crippen LogP contribution in [-0.4, -0.2) is 47.3 Å². The lowest BCUT2D eigenvalue weighted by Gasteiger charge is -2.39. The molecule has 0 saturated carbocycles. The molecule has 0 aromatic heterocycles. The minimum absolute atomic E-state index is 0.238. The van der Waals surface area contributed by atoms with E-state index in [1.807, 2.05) is 45.0 Å². The third-order valence-corrected chi connectivity index (χ3v) is 3.98. The van der Waals surface area contributed by atoms with Crippen molar-refractivity contribution in [1.29, 1.82) is 0 Å². The number of likely N-dealkylation sites (N-methyl/N-ethyl adjacent to an activating group) is 1. The Morgan fingerprint density at radius 1 is 1.14 bits per heavy atom. The fourth-order valence-electron chi connectivity index (χ4n) is 2.79. The van der Waals surface area contributed by atoms with Gasteiger partial charge in [-0.05, 0) is 26.3 Å². The van der Waals surface area contributed by atoms with E-state index in [1.165, 1.54) is 0 Å². The van der Waals surface area contributed by atoms with Gasteiger partial charge in [-0.3, -0.25) is 9.59 Å². The summed E-state index contributed by atoms with van der Waals surface area (Å²) in [7, 11) is 0. The molecule has 1 heterocycles. The van der Waals surface area contributed by atoms with Crippen molar-refractivity contribution in [3.05, 3.63) is 35.4 Å². The van der Waals surface area contributed by atoms with E-state index >= 15 is 0 Å². The summed E-state index contributed by atoms with van der Waals surface area (Å²) < 4.78 is 0. The van der Waals surface area contributed by atoms with Crippen molar-refractivity contribution in [3.8, 4) is 0 Å². The molecule has 1 aromatic carbocycles. The second-order valence-corrected chi connectivity index (χ2v) is 5.60. The molecule has 2 amide bonds. The summed E-state index contributed by atoms with van der Waals surface area (Å²) in [6, 6.07) is 7.46. The number of hydrogen-bond acceptors (Lipinski definition) is 3. The van der Waals surface area contributed by atoms with Gasteiger partial charge in [-0.25, -0.2) is 0 Å². The Balaban J connectivity index is 2.29. The van der Waals surface area contributed by atoms with E-state index in [9.17, 15) is 9.59 Å². The average Bonchev–Trinajstić information content (AvgIpc) is 2.45. The highest BCUT2D eigenvalue weighted by atomic mass is 16.2. The standard InChI is InChI=1S/C16H23N3O2/c1-4-18-9-10-19(16(21)15(18)20)14(12(3)17)13-7-5-11(2)6-8-13/h5-8,12,14H,4,9-10,17H2,1-3H3. The highest BCUT2D eigenvalue weighted by Crippen LogP contribution is 2.26. The number of benzene rings is 1. The lowest BCUT2D eigenvalue weighted by Crippen LogP contribution is -2.57. The van der Waals surface area contributed by atoms with Gasteiger partial charge in [0.15, 0.2) is 0 Å². The lowest BCUT2D eigenvalue weighted by molar-refractivity contribution is -0.158. The number of piperazine rings is 1. The first-order valence-corrected chi connectivity index (χ1v) is 7.37. The first kappa shape index (κ1) is 15.5. The second-order valence-electron chi connectivity index (χ2n) is 5.60. The minimum atomic E-state index is -0.453. The minimum Gasteiger partial charge on any atom is -0.333 e. The molecule has 5 heteroatoms. The van der Waals surface area contributed by atoms with E-state index in [2.05, 4.69) is 0 Å².